The van der Waals surface area contributed by atoms with E-state index in [2.05, 4.69) is 24.4 Å². The Hall–Kier alpha value is -1.35. The van der Waals surface area contributed by atoms with Crippen molar-refractivity contribution in [2.75, 3.05) is 13.7 Å². The van der Waals surface area contributed by atoms with E-state index in [0.29, 0.717) is 6.54 Å². The van der Waals surface area contributed by atoms with E-state index in [1.165, 1.54) is 18.4 Å². The minimum atomic E-state index is -0.0634. The molecule has 1 aliphatic carbocycles. The SMILES string of the molecule is CO[C@H](CNC(=O)C1CCCC1)c1ccccc1C. The van der Waals surface area contributed by atoms with Crippen molar-refractivity contribution in [3.63, 3.8) is 0 Å². The average Bonchev–Trinajstić information content (AvgIpc) is 2.95. The third-order valence-corrected chi connectivity index (χ3v) is 4.01. The standard InChI is InChI=1S/C16H23NO2/c1-12-7-3-6-10-14(12)15(19-2)11-17-16(18)13-8-4-5-9-13/h3,6-7,10,13,15H,4-5,8-9,11H2,1-2H3,(H,17,18)/t15-/m1/s1. The normalized spacial score (nSPS) is 17.4. The summed E-state index contributed by atoms with van der Waals surface area (Å²) in [6, 6.07) is 8.15. The van der Waals surface area contributed by atoms with Gasteiger partial charge in [0, 0.05) is 19.6 Å². The molecule has 1 N–H and O–H groups in total. The molecule has 3 heteroatoms. The fourth-order valence-electron chi connectivity index (χ4n) is 2.79. The molecule has 0 aliphatic heterocycles. The van der Waals surface area contributed by atoms with Crippen LogP contribution in [-0.2, 0) is 9.53 Å². The molecule has 0 bridgehead atoms. The number of amides is 1. The predicted octanol–water partition coefficient (Wildman–Crippen LogP) is 2.99. The number of hydrogen-bond donors (Lipinski definition) is 1. The topological polar surface area (TPSA) is 38.3 Å². The van der Waals surface area contributed by atoms with Crippen LogP contribution in [0.2, 0.25) is 0 Å². The summed E-state index contributed by atoms with van der Waals surface area (Å²) in [6.45, 7) is 2.62. The summed E-state index contributed by atoms with van der Waals surface area (Å²) in [4.78, 5) is 12.0. The van der Waals surface area contributed by atoms with Gasteiger partial charge in [-0.1, -0.05) is 37.1 Å². The Morgan fingerprint density at radius 3 is 2.68 bits per heavy atom. The van der Waals surface area contributed by atoms with Gasteiger partial charge in [-0.15, -0.1) is 0 Å². The van der Waals surface area contributed by atoms with Crippen LogP contribution in [0.5, 0.6) is 0 Å². The van der Waals surface area contributed by atoms with Crippen molar-refractivity contribution in [2.45, 2.75) is 38.7 Å². The average molecular weight is 261 g/mol. The van der Waals surface area contributed by atoms with Crippen LogP contribution >= 0.6 is 0 Å². The second-order valence-electron chi connectivity index (χ2n) is 5.31. The molecule has 0 heterocycles. The molecule has 1 atom stereocenters. The highest BCUT2D eigenvalue weighted by Gasteiger charge is 2.23. The fourth-order valence-corrected chi connectivity index (χ4v) is 2.79. The zero-order chi connectivity index (χ0) is 13.7. The van der Waals surface area contributed by atoms with E-state index in [0.717, 1.165) is 18.4 Å². The van der Waals surface area contributed by atoms with Gasteiger partial charge in [0.15, 0.2) is 0 Å². The molecule has 0 unspecified atom stereocenters. The second kappa shape index (κ2) is 6.71. The molecule has 0 saturated heterocycles. The molecule has 19 heavy (non-hydrogen) atoms. The van der Waals surface area contributed by atoms with Gasteiger partial charge in [-0.2, -0.15) is 0 Å². The van der Waals surface area contributed by atoms with Crippen molar-refractivity contribution in [3.8, 4) is 0 Å². The minimum absolute atomic E-state index is 0.0634. The summed E-state index contributed by atoms with van der Waals surface area (Å²) in [5.74, 6) is 0.405. The van der Waals surface area contributed by atoms with Gasteiger partial charge in [0.2, 0.25) is 5.91 Å². The monoisotopic (exact) mass is 261 g/mol. The highest BCUT2D eigenvalue weighted by atomic mass is 16.5. The van der Waals surface area contributed by atoms with Gasteiger partial charge in [0.1, 0.15) is 0 Å². The van der Waals surface area contributed by atoms with E-state index in [9.17, 15) is 4.79 Å². The van der Waals surface area contributed by atoms with E-state index >= 15 is 0 Å². The summed E-state index contributed by atoms with van der Waals surface area (Å²) in [5.41, 5.74) is 2.35. The summed E-state index contributed by atoms with van der Waals surface area (Å²) in [7, 11) is 1.69. The summed E-state index contributed by atoms with van der Waals surface area (Å²) in [5, 5.41) is 3.04. The molecule has 0 spiro atoms. The quantitative estimate of drug-likeness (QED) is 0.885. The molecule has 1 aromatic carbocycles. The third kappa shape index (κ3) is 3.57. The van der Waals surface area contributed by atoms with E-state index in [4.69, 9.17) is 4.74 Å². The van der Waals surface area contributed by atoms with Crippen LogP contribution < -0.4 is 5.32 Å². The maximum absolute atomic E-state index is 12.0. The largest absolute Gasteiger partial charge is 0.375 e. The number of aryl methyl sites for hydroxylation is 1. The Labute approximate surface area is 115 Å². The van der Waals surface area contributed by atoms with Crippen molar-refractivity contribution in [2.24, 2.45) is 5.92 Å². The van der Waals surface area contributed by atoms with Crippen molar-refractivity contribution in [3.05, 3.63) is 35.4 Å². The Morgan fingerprint density at radius 1 is 1.37 bits per heavy atom. The molecule has 1 aromatic rings. The van der Waals surface area contributed by atoms with Crippen molar-refractivity contribution in [1.29, 1.82) is 0 Å². The first-order valence-corrected chi connectivity index (χ1v) is 7.08. The van der Waals surface area contributed by atoms with Crippen LogP contribution in [0.25, 0.3) is 0 Å². The molecule has 1 saturated carbocycles. The zero-order valence-corrected chi connectivity index (χ0v) is 11.8. The molecule has 104 valence electrons. The minimum Gasteiger partial charge on any atom is -0.375 e. The first-order chi connectivity index (χ1) is 9.22. The van der Waals surface area contributed by atoms with E-state index < -0.39 is 0 Å². The van der Waals surface area contributed by atoms with E-state index in [1.807, 2.05) is 12.1 Å². The lowest BCUT2D eigenvalue weighted by molar-refractivity contribution is -0.125. The Kier molecular flexibility index (Phi) is 4.97. The number of nitrogens with one attached hydrogen (secondary N) is 1. The summed E-state index contributed by atoms with van der Waals surface area (Å²) in [6.07, 6.45) is 4.38. The molecule has 0 radical (unpaired) electrons. The van der Waals surface area contributed by atoms with E-state index in [-0.39, 0.29) is 17.9 Å². The van der Waals surface area contributed by atoms with Gasteiger partial charge in [-0.05, 0) is 30.9 Å². The molecular weight excluding hydrogens is 238 g/mol. The summed E-state index contributed by atoms with van der Waals surface area (Å²) < 4.78 is 5.52. The fraction of sp³-hybridized carbons (Fsp3) is 0.562. The van der Waals surface area contributed by atoms with Crippen LogP contribution in [0.15, 0.2) is 24.3 Å². The van der Waals surface area contributed by atoms with Gasteiger partial charge in [-0.25, -0.2) is 0 Å². The van der Waals surface area contributed by atoms with Gasteiger partial charge in [0.05, 0.1) is 6.10 Å². The van der Waals surface area contributed by atoms with Crippen molar-refractivity contribution in [1.82, 2.24) is 5.32 Å². The van der Waals surface area contributed by atoms with Crippen LogP contribution in [0.3, 0.4) is 0 Å². The first-order valence-electron chi connectivity index (χ1n) is 7.08. The van der Waals surface area contributed by atoms with Gasteiger partial charge in [0.25, 0.3) is 0 Å². The predicted molar refractivity (Wildman–Crippen MR) is 75.9 cm³/mol. The number of carbonyl (C=O) groups is 1. The molecule has 2 rings (SSSR count). The smallest absolute Gasteiger partial charge is 0.223 e. The lowest BCUT2D eigenvalue weighted by Crippen LogP contribution is -2.33. The third-order valence-electron chi connectivity index (χ3n) is 4.01. The number of carbonyl (C=O) groups excluding carboxylic acids is 1. The van der Waals surface area contributed by atoms with Crippen LogP contribution in [0.4, 0.5) is 0 Å². The maximum Gasteiger partial charge on any atom is 0.223 e. The molecular formula is C16H23NO2. The number of methoxy groups -OCH3 is 1. The highest BCUT2D eigenvalue weighted by molar-refractivity contribution is 5.78. The lowest BCUT2D eigenvalue weighted by Gasteiger charge is -2.19. The van der Waals surface area contributed by atoms with Gasteiger partial charge in [-0.3, -0.25) is 4.79 Å². The maximum atomic E-state index is 12.0. The molecule has 1 fully saturated rings. The number of benzene rings is 1. The Balaban J connectivity index is 1.92. The summed E-state index contributed by atoms with van der Waals surface area (Å²) >= 11 is 0. The molecule has 3 nitrogen and oxygen atoms in total. The molecule has 0 aromatic heterocycles. The van der Waals surface area contributed by atoms with Crippen molar-refractivity contribution < 1.29 is 9.53 Å². The lowest BCUT2D eigenvalue weighted by atomic mass is 10.0. The van der Waals surface area contributed by atoms with Crippen LogP contribution in [-0.4, -0.2) is 19.6 Å². The zero-order valence-electron chi connectivity index (χ0n) is 11.8. The Bertz CT molecular complexity index is 425. The highest BCUT2D eigenvalue weighted by Crippen LogP contribution is 2.25. The Morgan fingerprint density at radius 2 is 2.05 bits per heavy atom. The second-order valence-corrected chi connectivity index (χ2v) is 5.31. The number of hydrogen-bond acceptors (Lipinski definition) is 2. The van der Waals surface area contributed by atoms with Gasteiger partial charge < -0.3 is 10.1 Å². The first kappa shape index (κ1) is 14.1. The molecule has 1 amide bonds. The number of ether oxygens (including phenoxy) is 1. The molecule has 1 aliphatic rings. The van der Waals surface area contributed by atoms with E-state index in [1.54, 1.807) is 7.11 Å². The van der Waals surface area contributed by atoms with Gasteiger partial charge >= 0.3 is 0 Å². The number of rotatable bonds is 5. The van der Waals surface area contributed by atoms with Crippen LogP contribution in [0, 0.1) is 12.8 Å². The van der Waals surface area contributed by atoms with Crippen LogP contribution in [0.1, 0.15) is 42.9 Å². The van der Waals surface area contributed by atoms with Crippen molar-refractivity contribution >= 4 is 5.91 Å².